The summed E-state index contributed by atoms with van der Waals surface area (Å²) >= 11 is 0. The molecule has 0 N–H and O–H groups in total. The van der Waals surface area contributed by atoms with Gasteiger partial charge in [-0.3, -0.25) is 9.48 Å². The van der Waals surface area contributed by atoms with Crippen LogP contribution in [0.4, 0.5) is 4.79 Å². The minimum absolute atomic E-state index is 0.0190. The zero-order valence-corrected chi connectivity index (χ0v) is 17.4. The van der Waals surface area contributed by atoms with Crippen molar-refractivity contribution >= 4 is 12.0 Å². The topological polar surface area (TPSA) is 67.7 Å². The standard InChI is InChI=1S/C20H32N4O3/c1-14-11-16(24(21-14)19(2,3)4)17(25)22-9-7-15(8-10-22)23-12-20(5,6)13-27-18(23)26/h11,15H,7-10,12-13H2,1-6H3. The molecular formula is C20H32N4O3. The van der Waals surface area contributed by atoms with Crippen molar-refractivity contribution in [3.05, 3.63) is 17.5 Å². The van der Waals surface area contributed by atoms with Gasteiger partial charge in [0.2, 0.25) is 0 Å². The van der Waals surface area contributed by atoms with Gasteiger partial charge in [-0.25, -0.2) is 4.79 Å². The van der Waals surface area contributed by atoms with Gasteiger partial charge in [0.1, 0.15) is 5.69 Å². The molecule has 1 aromatic rings. The predicted octanol–water partition coefficient (Wildman–Crippen LogP) is 3.03. The molecule has 2 aliphatic rings. The van der Waals surface area contributed by atoms with E-state index in [0.717, 1.165) is 18.5 Å². The van der Waals surface area contributed by atoms with Crippen molar-refractivity contribution in [1.29, 1.82) is 0 Å². The largest absolute Gasteiger partial charge is 0.449 e. The van der Waals surface area contributed by atoms with Crippen LogP contribution in [0.3, 0.4) is 0 Å². The Labute approximate surface area is 161 Å². The fourth-order valence-corrected chi connectivity index (χ4v) is 3.90. The number of likely N-dealkylation sites (tertiary alicyclic amines) is 1. The van der Waals surface area contributed by atoms with Gasteiger partial charge in [-0.1, -0.05) is 13.8 Å². The molecule has 0 aliphatic carbocycles. The molecule has 2 saturated heterocycles. The van der Waals surface area contributed by atoms with E-state index in [2.05, 4.69) is 18.9 Å². The molecule has 0 radical (unpaired) electrons. The second kappa shape index (κ2) is 6.84. The zero-order valence-electron chi connectivity index (χ0n) is 17.4. The molecule has 27 heavy (non-hydrogen) atoms. The van der Waals surface area contributed by atoms with Crippen LogP contribution < -0.4 is 0 Å². The number of piperidine rings is 1. The average Bonchev–Trinajstić information content (AvgIpc) is 2.99. The Morgan fingerprint density at radius 2 is 1.89 bits per heavy atom. The maximum atomic E-state index is 13.1. The number of hydrogen-bond acceptors (Lipinski definition) is 4. The summed E-state index contributed by atoms with van der Waals surface area (Å²) in [7, 11) is 0. The van der Waals surface area contributed by atoms with Gasteiger partial charge in [0.05, 0.1) is 17.8 Å². The van der Waals surface area contributed by atoms with Crippen molar-refractivity contribution in [1.82, 2.24) is 19.6 Å². The molecular weight excluding hydrogens is 344 g/mol. The SMILES string of the molecule is Cc1cc(C(=O)N2CCC(N3CC(C)(C)COC3=O)CC2)n(C(C)(C)C)n1. The monoisotopic (exact) mass is 376 g/mol. The first-order valence-electron chi connectivity index (χ1n) is 9.78. The van der Waals surface area contributed by atoms with Crippen molar-refractivity contribution in [2.75, 3.05) is 26.2 Å². The van der Waals surface area contributed by atoms with Crippen molar-refractivity contribution in [3.8, 4) is 0 Å². The number of cyclic esters (lactones) is 1. The van der Waals surface area contributed by atoms with Crippen molar-refractivity contribution in [2.45, 2.75) is 66.0 Å². The van der Waals surface area contributed by atoms with Crippen LogP contribution in [0.25, 0.3) is 0 Å². The summed E-state index contributed by atoms with van der Waals surface area (Å²) in [4.78, 5) is 29.0. The summed E-state index contributed by atoms with van der Waals surface area (Å²) in [6.07, 6.45) is 1.33. The number of carbonyl (C=O) groups excluding carboxylic acids is 2. The lowest BCUT2D eigenvalue weighted by Crippen LogP contribution is -2.55. The van der Waals surface area contributed by atoms with E-state index in [4.69, 9.17) is 4.74 Å². The first-order valence-corrected chi connectivity index (χ1v) is 9.78. The van der Waals surface area contributed by atoms with Gasteiger partial charge in [-0.05, 0) is 46.6 Å². The molecule has 3 heterocycles. The van der Waals surface area contributed by atoms with Crippen LogP contribution in [0.2, 0.25) is 0 Å². The van der Waals surface area contributed by atoms with Gasteiger partial charge in [0, 0.05) is 31.1 Å². The quantitative estimate of drug-likeness (QED) is 0.796. The normalized spacial score (nSPS) is 21.3. The first kappa shape index (κ1) is 19.7. The molecule has 1 aromatic heterocycles. The van der Waals surface area contributed by atoms with Gasteiger partial charge in [-0.15, -0.1) is 0 Å². The highest BCUT2D eigenvalue weighted by atomic mass is 16.6. The van der Waals surface area contributed by atoms with Crippen LogP contribution in [0, 0.1) is 12.3 Å². The summed E-state index contributed by atoms with van der Waals surface area (Å²) < 4.78 is 7.17. The number of aryl methyl sites for hydroxylation is 1. The summed E-state index contributed by atoms with van der Waals surface area (Å²) in [5.41, 5.74) is 1.21. The van der Waals surface area contributed by atoms with E-state index >= 15 is 0 Å². The highest BCUT2D eigenvalue weighted by molar-refractivity contribution is 5.93. The fraction of sp³-hybridized carbons (Fsp3) is 0.750. The number of nitrogens with zero attached hydrogens (tertiary/aromatic N) is 4. The van der Waals surface area contributed by atoms with E-state index in [0.29, 0.717) is 31.9 Å². The molecule has 0 saturated carbocycles. The molecule has 7 heteroatoms. The summed E-state index contributed by atoms with van der Waals surface area (Å²) in [6, 6.07) is 2.00. The highest BCUT2D eigenvalue weighted by Crippen LogP contribution is 2.29. The van der Waals surface area contributed by atoms with E-state index in [-0.39, 0.29) is 29.0 Å². The molecule has 0 unspecified atom stereocenters. The Morgan fingerprint density at radius 3 is 2.48 bits per heavy atom. The minimum Gasteiger partial charge on any atom is -0.449 e. The van der Waals surface area contributed by atoms with Crippen LogP contribution in [0.1, 0.15) is 63.6 Å². The van der Waals surface area contributed by atoms with Gasteiger partial charge in [0.25, 0.3) is 5.91 Å². The van der Waals surface area contributed by atoms with E-state index < -0.39 is 0 Å². The zero-order chi connectivity index (χ0) is 20.0. The van der Waals surface area contributed by atoms with Gasteiger partial charge < -0.3 is 14.5 Å². The fourth-order valence-electron chi connectivity index (χ4n) is 3.90. The van der Waals surface area contributed by atoms with Crippen LogP contribution in [-0.2, 0) is 10.3 Å². The Balaban J connectivity index is 1.68. The molecule has 3 rings (SSSR count). The number of hydrogen-bond donors (Lipinski definition) is 0. The number of aromatic nitrogens is 2. The predicted molar refractivity (Wildman–Crippen MR) is 103 cm³/mol. The van der Waals surface area contributed by atoms with E-state index in [1.807, 2.05) is 48.2 Å². The van der Waals surface area contributed by atoms with Crippen LogP contribution in [0.5, 0.6) is 0 Å². The lowest BCUT2D eigenvalue weighted by atomic mass is 9.91. The third kappa shape index (κ3) is 4.12. The maximum absolute atomic E-state index is 13.1. The molecule has 2 aliphatic heterocycles. The Hall–Kier alpha value is -2.05. The third-order valence-electron chi connectivity index (χ3n) is 5.30. The Morgan fingerprint density at radius 1 is 1.26 bits per heavy atom. The summed E-state index contributed by atoms with van der Waals surface area (Å²) in [5.74, 6) is 0.0190. The lowest BCUT2D eigenvalue weighted by Gasteiger charge is -2.44. The van der Waals surface area contributed by atoms with Crippen molar-refractivity contribution < 1.29 is 14.3 Å². The molecule has 0 aromatic carbocycles. The molecule has 2 fully saturated rings. The molecule has 0 spiro atoms. The van der Waals surface area contributed by atoms with E-state index in [9.17, 15) is 9.59 Å². The number of carbonyl (C=O) groups is 2. The van der Waals surface area contributed by atoms with Crippen LogP contribution in [0.15, 0.2) is 6.07 Å². The minimum atomic E-state index is -0.249. The van der Waals surface area contributed by atoms with E-state index in [1.165, 1.54) is 0 Å². The smallest absolute Gasteiger partial charge is 0.410 e. The van der Waals surface area contributed by atoms with Crippen molar-refractivity contribution in [3.63, 3.8) is 0 Å². The Kier molecular flexibility index (Phi) is 4.99. The number of ether oxygens (including phenoxy) is 1. The first-order chi connectivity index (χ1) is 12.5. The second-order valence-electron chi connectivity index (χ2n) is 9.62. The third-order valence-corrected chi connectivity index (χ3v) is 5.30. The average molecular weight is 377 g/mol. The van der Waals surface area contributed by atoms with E-state index in [1.54, 1.807) is 0 Å². The maximum Gasteiger partial charge on any atom is 0.410 e. The molecule has 0 bridgehead atoms. The van der Waals surface area contributed by atoms with Crippen molar-refractivity contribution in [2.24, 2.45) is 5.41 Å². The van der Waals surface area contributed by atoms with Crippen LogP contribution >= 0.6 is 0 Å². The van der Waals surface area contributed by atoms with Gasteiger partial charge >= 0.3 is 6.09 Å². The van der Waals surface area contributed by atoms with Gasteiger partial charge in [-0.2, -0.15) is 5.10 Å². The molecule has 0 atom stereocenters. The molecule has 2 amide bonds. The number of amides is 2. The summed E-state index contributed by atoms with van der Waals surface area (Å²) in [6.45, 7) is 14.7. The molecule has 7 nitrogen and oxygen atoms in total. The Bertz CT molecular complexity index is 724. The summed E-state index contributed by atoms with van der Waals surface area (Å²) in [5, 5.41) is 4.51. The second-order valence-corrected chi connectivity index (χ2v) is 9.62. The molecule has 150 valence electrons. The van der Waals surface area contributed by atoms with Gasteiger partial charge in [0.15, 0.2) is 0 Å². The lowest BCUT2D eigenvalue weighted by molar-refractivity contribution is -0.0154. The van der Waals surface area contributed by atoms with Crippen LogP contribution in [-0.4, -0.2) is 63.9 Å². The highest BCUT2D eigenvalue weighted by Gasteiger charge is 2.39. The number of rotatable bonds is 2.